The van der Waals surface area contributed by atoms with Crippen LogP contribution in [-0.4, -0.2) is 24.5 Å². The van der Waals surface area contributed by atoms with Gasteiger partial charge in [-0.3, -0.25) is 0 Å². The largest absolute Gasteiger partial charge is 0.304 e. The Hall–Kier alpha value is -0.0400. The number of likely N-dealkylation sites (tertiary alicyclic amines) is 1. The fourth-order valence-corrected chi connectivity index (χ4v) is 1.60. The van der Waals surface area contributed by atoms with Gasteiger partial charge in [0.1, 0.15) is 0 Å². The third-order valence-electron chi connectivity index (χ3n) is 2.64. The predicted molar refractivity (Wildman–Crippen MR) is 45.2 cm³/mol. The fourth-order valence-electron chi connectivity index (χ4n) is 1.60. The van der Waals surface area contributed by atoms with Crippen LogP contribution in [0, 0.1) is 0 Å². The molecule has 0 bridgehead atoms. The molecule has 0 amide bonds. The van der Waals surface area contributed by atoms with Crippen LogP contribution in [0.5, 0.6) is 0 Å². The summed E-state index contributed by atoms with van der Waals surface area (Å²) in [6, 6.07) is 0.820. The first-order chi connectivity index (χ1) is 4.80. The van der Waals surface area contributed by atoms with Crippen molar-refractivity contribution in [2.45, 2.75) is 45.1 Å². The van der Waals surface area contributed by atoms with Crippen LogP contribution in [0.3, 0.4) is 0 Å². The molecule has 1 unspecified atom stereocenters. The summed E-state index contributed by atoms with van der Waals surface area (Å²) in [5.41, 5.74) is 0. The van der Waals surface area contributed by atoms with Crippen molar-refractivity contribution in [3.05, 3.63) is 0 Å². The molecule has 0 saturated carbocycles. The lowest BCUT2D eigenvalue weighted by atomic mass is 10.0. The Balaban J connectivity index is 2.28. The van der Waals surface area contributed by atoms with Crippen LogP contribution in [-0.2, 0) is 0 Å². The van der Waals surface area contributed by atoms with Gasteiger partial charge < -0.3 is 4.90 Å². The maximum Gasteiger partial charge on any atom is 0.00638 e. The van der Waals surface area contributed by atoms with Crippen molar-refractivity contribution in [1.82, 2.24) is 4.90 Å². The Morgan fingerprint density at radius 3 is 2.60 bits per heavy atom. The quantitative estimate of drug-likeness (QED) is 0.500. The van der Waals surface area contributed by atoms with Crippen molar-refractivity contribution >= 4 is 0 Å². The minimum atomic E-state index is 0.820. The monoisotopic (exact) mass is 141 g/mol. The Labute approximate surface area is 64.4 Å². The van der Waals surface area contributed by atoms with Gasteiger partial charge in [-0.05, 0) is 33.4 Å². The molecule has 1 atom stereocenters. The fraction of sp³-hybridized carbons (Fsp3) is 1.00. The third-order valence-corrected chi connectivity index (χ3v) is 2.64. The van der Waals surface area contributed by atoms with Crippen LogP contribution in [0.15, 0.2) is 0 Å². The average Bonchev–Trinajstić information content (AvgIpc) is 1.92. The smallest absolute Gasteiger partial charge is 0.00638 e. The first-order valence-electron chi connectivity index (χ1n) is 4.51. The van der Waals surface area contributed by atoms with Crippen molar-refractivity contribution in [2.75, 3.05) is 13.6 Å². The zero-order valence-corrected chi connectivity index (χ0v) is 7.27. The van der Waals surface area contributed by atoms with Crippen LogP contribution < -0.4 is 0 Å². The van der Waals surface area contributed by atoms with Crippen molar-refractivity contribution in [3.8, 4) is 0 Å². The number of rotatable bonds is 0. The molecular formula is C9H19N. The van der Waals surface area contributed by atoms with Crippen LogP contribution >= 0.6 is 0 Å². The highest BCUT2D eigenvalue weighted by atomic mass is 15.1. The molecule has 0 radical (unpaired) electrons. The van der Waals surface area contributed by atoms with Crippen molar-refractivity contribution in [2.24, 2.45) is 0 Å². The maximum absolute atomic E-state index is 2.49. The van der Waals surface area contributed by atoms with Crippen molar-refractivity contribution in [3.63, 3.8) is 0 Å². The van der Waals surface area contributed by atoms with Crippen molar-refractivity contribution in [1.29, 1.82) is 0 Å². The van der Waals surface area contributed by atoms with E-state index in [1.54, 1.807) is 0 Å². The summed E-state index contributed by atoms with van der Waals surface area (Å²) in [4.78, 5) is 2.49. The van der Waals surface area contributed by atoms with Gasteiger partial charge in [0.25, 0.3) is 0 Å². The molecule has 1 aliphatic rings. The lowest BCUT2D eigenvalue weighted by Crippen LogP contribution is -2.30. The third kappa shape index (κ3) is 2.30. The Morgan fingerprint density at radius 1 is 1.10 bits per heavy atom. The highest BCUT2D eigenvalue weighted by Crippen LogP contribution is 2.13. The number of hydrogen-bond donors (Lipinski definition) is 0. The van der Waals surface area contributed by atoms with E-state index in [0.717, 1.165) is 6.04 Å². The summed E-state index contributed by atoms with van der Waals surface area (Å²) >= 11 is 0. The predicted octanol–water partition coefficient (Wildman–Crippen LogP) is 2.27. The van der Waals surface area contributed by atoms with Crippen LogP contribution in [0.2, 0.25) is 0 Å². The molecule has 0 aromatic rings. The standard InChI is InChI=1S/C9H19N/c1-9-7-5-3-4-6-8-10(9)2/h9H,3-8H2,1-2H3. The van der Waals surface area contributed by atoms with E-state index in [1.165, 1.54) is 38.6 Å². The van der Waals surface area contributed by atoms with Crippen LogP contribution in [0.4, 0.5) is 0 Å². The minimum absolute atomic E-state index is 0.820. The molecule has 10 heavy (non-hydrogen) atoms. The van der Waals surface area contributed by atoms with E-state index in [0.29, 0.717) is 0 Å². The van der Waals surface area contributed by atoms with Crippen LogP contribution in [0.1, 0.15) is 39.0 Å². The van der Waals surface area contributed by atoms with Gasteiger partial charge in [0.05, 0.1) is 0 Å². The highest BCUT2D eigenvalue weighted by Gasteiger charge is 2.10. The molecule has 60 valence electrons. The topological polar surface area (TPSA) is 3.24 Å². The molecule has 0 aliphatic carbocycles. The van der Waals surface area contributed by atoms with Gasteiger partial charge in [0.15, 0.2) is 0 Å². The summed E-state index contributed by atoms with van der Waals surface area (Å²) in [7, 11) is 2.25. The van der Waals surface area contributed by atoms with Crippen LogP contribution in [0.25, 0.3) is 0 Å². The van der Waals surface area contributed by atoms with E-state index in [-0.39, 0.29) is 0 Å². The van der Waals surface area contributed by atoms with E-state index >= 15 is 0 Å². The molecule has 0 aromatic heterocycles. The second-order valence-corrected chi connectivity index (χ2v) is 3.53. The Bertz CT molecular complexity index is 78.7. The Kier molecular flexibility index (Phi) is 3.20. The van der Waals surface area contributed by atoms with Gasteiger partial charge in [0.2, 0.25) is 0 Å². The van der Waals surface area contributed by atoms with Gasteiger partial charge >= 0.3 is 0 Å². The molecule has 1 heterocycles. The molecule has 0 aromatic carbocycles. The molecule has 1 saturated heterocycles. The molecule has 1 fully saturated rings. The van der Waals surface area contributed by atoms with E-state index < -0.39 is 0 Å². The molecule has 0 N–H and O–H groups in total. The van der Waals surface area contributed by atoms with E-state index in [4.69, 9.17) is 0 Å². The molecule has 1 rings (SSSR count). The van der Waals surface area contributed by atoms with Gasteiger partial charge in [-0.2, -0.15) is 0 Å². The van der Waals surface area contributed by atoms with E-state index in [9.17, 15) is 0 Å². The maximum atomic E-state index is 2.49. The minimum Gasteiger partial charge on any atom is -0.304 e. The molecule has 1 heteroatoms. The zero-order chi connectivity index (χ0) is 7.40. The zero-order valence-electron chi connectivity index (χ0n) is 7.27. The number of hydrogen-bond acceptors (Lipinski definition) is 1. The Morgan fingerprint density at radius 2 is 1.80 bits per heavy atom. The summed E-state index contributed by atoms with van der Waals surface area (Å²) in [5, 5.41) is 0. The molecule has 1 aliphatic heterocycles. The van der Waals surface area contributed by atoms with Gasteiger partial charge in [-0.1, -0.05) is 19.3 Å². The lowest BCUT2D eigenvalue weighted by Gasteiger charge is -2.26. The summed E-state index contributed by atoms with van der Waals surface area (Å²) < 4.78 is 0. The molecule has 0 spiro atoms. The molecule has 1 nitrogen and oxygen atoms in total. The first kappa shape index (κ1) is 8.06. The van der Waals surface area contributed by atoms with Gasteiger partial charge in [-0.25, -0.2) is 0 Å². The lowest BCUT2D eigenvalue weighted by molar-refractivity contribution is 0.222. The second-order valence-electron chi connectivity index (χ2n) is 3.53. The highest BCUT2D eigenvalue weighted by molar-refractivity contribution is 4.66. The first-order valence-corrected chi connectivity index (χ1v) is 4.51. The summed E-state index contributed by atoms with van der Waals surface area (Å²) in [6.45, 7) is 3.65. The molecular weight excluding hydrogens is 122 g/mol. The second kappa shape index (κ2) is 3.97. The normalized spacial score (nSPS) is 31.2. The van der Waals surface area contributed by atoms with E-state index in [2.05, 4.69) is 18.9 Å². The van der Waals surface area contributed by atoms with Crippen molar-refractivity contribution < 1.29 is 0 Å². The average molecular weight is 141 g/mol. The SMILES string of the molecule is CC1CCCCCCN1C. The van der Waals surface area contributed by atoms with Gasteiger partial charge in [0, 0.05) is 6.04 Å². The number of nitrogens with zero attached hydrogens (tertiary/aromatic N) is 1. The van der Waals surface area contributed by atoms with E-state index in [1.807, 2.05) is 0 Å². The van der Waals surface area contributed by atoms with Gasteiger partial charge in [-0.15, -0.1) is 0 Å². The summed E-state index contributed by atoms with van der Waals surface area (Å²) in [6.07, 6.45) is 7.14. The summed E-state index contributed by atoms with van der Waals surface area (Å²) in [5.74, 6) is 0.